The fraction of sp³-hybridized carbons (Fsp3) is 0.571. The maximum Gasteiger partial charge on any atom is 0.122 e. The van der Waals surface area contributed by atoms with E-state index in [9.17, 15) is 5.11 Å². The summed E-state index contributed by atoms with van der Waals surface area (Å²) in [5.41, 5.74) is 0.718. The number of rotatable bonds is 6. The summed E-state index contributed by atoms with van der Waals surface area (Å²) in [4.78, 5) is 0. The molecule has 1 aromatic carbocycles. The molecule has 0 amide bonds. The number of hydrogen-bond donors (Lipinski definition) is 1. The predicted molar refractivity (Wildman–Crippen MR) is 68.4 cm³/mol. The normalized spacial score (nSPS) is 13.5. The minimum Gasteiger partial charge on any atom is -0.496 e. The molecule has 0 aliphatic heterocycles. The van der Waals surface area contributed by atoms with Gasteiger partial charge in [0.25, 0.3) is 0 Å². The summed E-state index contributed by atoms with van der Waals surface area (Å²) in [6, 6.07) is 7.76. The number of hydrogen-bond acceptors (Lipinski definition) is 3. The van der Waals surface area contributed by atoms with Crippen molar-refractivity contribution < 1.29 is 14.6 Å². The molecule has 1 aromatic rings. The third-order valence-electron chi connectivity index (χ3n) is 2.93. The van der Waals surface area contributed by atoms with Crippen LogP contribution >= 0.6 is 0 Å². The Kier molecular flexibility index (Phi) is 4.97. The molecule has 0 bridgehead atoms. The molecule has 0 radical (unpaired) electrons. The lowest BCUT2D eigenvalue weighted by molar-refractivity contribution is -0.0191. The van der Waals surface area contributed by atoms with Gasteiger partial charge in [-0.25, -0.2) is 0 Å². The highest BCUT2D eigenvalue weighted by molar-refractivity contribution is 5.33. The van der Waals surface area contributed by atoms with E-state index in [2.05, 4.69) is 0 Å². The Morgan fingerprint density at radius 3 is 2.47 bits per heavy atom. The van der Waals surface area contributed by atoms with Crippen LogP contribution in [0.5, 0.6) is 5.75 Å². The van der Waals surface area contributed by atoms with Crippen LogP contribution in [0.4, 0.5) is 0 Å². The molecular formula is C14H22O3. The van der Waals surface area contributed by atoms with E-state index in [0.717, 1.165) is 11.3 Å². The molecule has 1 unspecified atom stereocenters. The van der Waals surface area contributed by atoms with Crippen LogP contribution in [0, 0.1) is 0 Å². The highest BCUT2D eigenvalue weighted by Gasteiger charge is 2.22. The highest BCUT2D eigenvalue weighted by atomic mass is 16.5. The lowest BCUT2D eigenvalue weighted by Crippen LogP contribution is -2.29. The van der Waals surface area contributed by atoms with Gasteiger partial charge < -0.3 is 14.6 Å². The smallest absolute Gasteiger partial charge is 0.122 e. The molecule has 0 heterocycles. The SMILES string of the molecule is COc1ccccc1CC(O)CC(C)(C)OC. The molecule has 0 aliphatic rings. The van der Waals surface area contributed by atoms with Crippen LogP contribution in [0.25, 0.3) is 0 Å². The molecule has 1 N–H and O–H groups in total. The maximum absolute atomic E-state index is 10.1. The molecule has 3 heteroatoms. The van der Waals surface area contributed by atoms with Gasteiger partial charge in [-0.3, -0.25) is 0 Å². The molecule has 0 fully saturated rings. The largest absolute Gasteiger partial charge is 0.496 e. The summed E-state index contributed by atoms with van der Waals surface area (Å²) in [6.07, 6.45) is 0.750. The third-order valence-corrected chi connectivity index (χ3v) is 2.93. The second kappa shape index (κ2) is 6.03. The van der Waals surface area contributed by atoms with Crippen molar-refractivity contribution in [3.8, 4) is 5.75 Å². The number of ether oxygens (including phenoxy) is 2. The van der Waals surface area contributed by atoms with Gasteiger partial charge in [-0.15, -0.1) is 0 Å². The first-order chi connectivity index (χ1) is 7.98. The zero-order chi connectivity index (χ0) is 12.9. The predicted octanol–water partition coefficient (Wildman–Crippen LogP) is 2.41. The second-order valence-electron chi connectivity index (χ2n) is 4.84. The molecule has 0 saturated carbocycles. The van der Waals surface area contributed by atoms with E-state index >= 15 is 0 Å². The fourth-order valence-corrected chi connectivity index (χ4v) is 1.85. The lowest BCUT2D eigenvalue weighted by atomic mass is 9.96. The molecule has 17 heavy (non-hydrogen) atoms. The van der Waals surface area contributed by atoms with E-state index in [1.54, 1.807) is 14.2 Å². The van der Waals surface area contributed by atoms with E-state index < -0.39 is 6.10 Å². The minimum atomic E-state index is -0.429. The Bertz CT molecular complexity index is 347. The van der Waals surface area contributed by atoms with E-state index in [4.69, 9.17) is 9.47 Å². The van der Waals surface area contributed by atoms with Crippen molar-refractivity contribution in [3.63, 3.8) is 0 Å². The Hall–Kier alpha value is -1.06. The van der Waals surface area contributed by atoms with Crippen LogP contribution in [0.3, 0.4) is 0 Å². The zero-order valence-electron chi connectivity index (χ0n) is 11.1. The van der Waals surface area contributed by atoms with Crippen molar-refractivity contribution in [1.82, 2.24) is 0 Å². The first-order valence-electron chi connectivity index (χ1n) is 5.83. The third kappa shape index (κ3) is 4.36. The van der Waals surface area contributed by atoms with Gasteiger partial charge in [-0.05, 0) is 25.5 Å². The van der Waals surface area contributed by atoms with E-state index in [0.29, 0.717) is 12.8 Å². The van der Waals surface area contributed by atoms with Crippen LogP contribution in [0.1, 0.15) is 25.8 Å². The standard InChI is InChI=1S/C14H22O3/c1-14(2,17-4)10-12(15)9-11-7-5-6-8-13(11)16-3/h5-8,12,15H,9-10H2,1-4H3. The first kappa shape index (κ1) is 14.0. The van der Waals surface area contributed by atoms with Crippen LogP contribution in [-0.4, -0.2) is 31.0 Å². The maximum atomic E-state index is 10.1. The van der Waals surface area contributed by atoms with E-state index in [1.807, 2.05) is 38.1 Å². The Labute approximate surface area is 103 Å². The topological polar surface area (TPSA) is 38.7 Å². The summed E-state index contributed by atoms with van der Waals surface area (Å²) in [6.45, 7) is 3.94. The fourth-order valence-electron chi connectivity index (χ4n) is 1.85. The molecule has 0 spiro atoms. The molecule has 0 aliphatic carbocycles. The van der Waals surface area contributed by atoms with Crippen molar-refractivity contribution in [2.75, 3.05) is 14.2 Å². The summed E-state index contributed by atoms with van der Waals surface area (Å²) in [5.74, 6) is 0.821. The zero-order valence-corrected chi connectivity index (χ0v) is 11.1. The molecule has 3 nitrogen and oxygen atoms in total. The minimum absolute atomic E-state index is 0.304. The van der Waals surface area contributed by atoms with Crippen LogP contribution in [-0.2, 0) is 11.2 Å². The van der Waals surface area contributed by atoms with Crippen LogP contribution in [0.2, 0.25) is 0 Å². The van der Waals surface area contributed by atoms with Crippen molar-refractivity contribution in [2.24, 2.45) is 0 Å². The molecule has 0 saturated heterocycles. The van der Waals surface area contributed by atoms with Crippen molar-refractivity contribution >= 4 is 0 Å². The van der Waals surface area contributed by atoms with Crippen LogP contribution < -0.4 is 4.74 Å². The van der Waals surface area contributed by atoms with E-state index in [1.165, 1.54) is 0 Å². The Morgan fingerprint density at radius 1 is 1.24 bits per heavy atom. The molecular weight excluding hydrogens is 216 g/mol. The molecule has 0 aromatic heterocycles. The average Bonchev–Trinajstić information content (AvgIpc) is 2.29. The average molecular weight is 238 g/mol. The van der Waals surface area contributed by atoms with Gasteiger partial charge >= 0.3 is 0 Å². The molecule has 1 atom stereocenters. The second-order valence-corrected chi connectivity index (χ2v) is 4.84. The number of para-hydroxylation sites is 1. The number of methoxy groups -OCH3 is 2. The van der Waals surface area contributed by atoms with Crippen LogP contribution in [0.15, 0.2) is 24.3 Å². The summed E-state index contributed by atoms with van der Waals surface area (Å²) in [5, 5.41) is 10.1. The van der Waals surface area contributed by atoms with Gasteiger partial charge in [-0.2, -0.15) is 0 Å². The first-order valence-corrected chi connectivity index (χ1v) is 5.83. The van der Waals surface area contributed by atoms with Gasteiger partial charge in [0, 0.05) is 20.0 Å². The quantitative estimate of drug-likeness (QED) is 0.827. The summed E-state index contributed by atoms with van der Waals surface area (Å²) < 4.78 is 10.6. The number of benzene rings is 1. The number of aliphatic hydroxyl groups excluding tert-OH is 1. The van der Waals surface area contributed by atoms with E-state index in [-0.39, 0.29) is 5.60 Å². The van der Waals surface area contributed by atoms with Gasteiger partial charge in [0.2, 0.25) is 0 Å². The Balaban J connectivity index is 2.65. The van der Waals surface area contributed by atoms with Gasteiger partial charge in [0.1, 0.15) is 5.75 Å². The molecule has 1 rings (SSSR count). The Morgan fingerprint density at radius 2 is 1.88 bits per heavy atom. The highest BCUT2D eigenvalue weighted by Crippen LogP contribution is 2.23. The summed E-state index contributed by atoms with van der Waals surface area (Å²) in [7, 11) is 3.31. The summed E-state index contributed by atoms with van der Waals surface area (Å²) >= 11 is 0. The van der Waals surface area contributed by atoms with Crippen molar-refractivity contribution in [3.05, 3.63) is 29.8 Å². The van der Waals surface area contributed by atoms with Crippen molar-refractivity contribution in [2.45, 2.75) is 38.4 Å². The van der Waals surface area contributed by atoms with Gasteiger partial charge in [0.05, 0.1) is 18.8 Å². The van der Waals surface area contributed by atoms with Gasteiger partial charge in [0.15, 0.2) is 0 Å². The van der Waals surface area contributed by atoms with Crippen molar-refractivity contribution in [1.29, 1.82) is 0 Å². The molecule has 96 valence electrons. The van der Waals surface area contributed by atoms with Gasteiger partial charge in [-0.1, -0.05) is 18.2 Å². The monoisotopic (exact) mass is 238 g/mol. The lowest BCUT2D eigenvalue weighted by Gasteiger charge is -2.26. The number of aliphatic hydroxyl groups is 1.